The van der Waals surface area contributed by atoms with E-state index in [4.69, 9.17) is 5.84 Å². The summed E-state index contributed by atoms with van der Waals surface area (Å²) in [4.78, 5) is 8.25. The minimum Gasteiger partial charge on any atom is -0.306 e. The molecule has 0 saturated carbocycles. The summed E-state index contributed by atoms with van der Waals surface area (Å²) in [5.74, 6) is 6.63. The van der Waals surface area contributed by atoms with Crippen LogP contribution in [0.25, 0.3) is 0 Å². The summed E-state index contributed by atoms with van der Waals surface area (Å²) >= 11 is 1.81. The second-order valence-corrected chi connectivity index (χ2v) is 4.79. The number of nitrogen functional groups attached to an aromatic ring is 1. The molecule has 2 heterocycles. The van der Waals surface area contributed by atoms with Gasteiger partial charge in [0.25, 0.3) is 0 Å². The molecule has 0 radical (unpaired) electrons. The van der Waals surface area contributed by atoms with E-state index in [2.05, 4.69) is 15.4 Å². The Morgan fingerprint density at radius 1 is 1.53 bits per heavy atom. The lowest BCUT2D eigenvalue weighted by molar-refractivity contribution is 0.598. The van der Waals surface area contributed by atoms with Crippen molar-refractivity contribution in [2.24, 2.45) is 5.84 Å². The molecule has 1 atom stereocenters. The number of aryl methyl sites for hydroxylation is 1. The lowest BCUT2D eigenvalue weighted by Gasteiger charge is -2.10. The van der Waals surface area contributed by atoms with Crippen LogP contribution < -0.4 is 11.3 Å². The van der Waals surface area contributed by atoms with Gasteiger partial charge >= 0.3 is 0 Å². The number of nitrogens with one attached hydrogen (secondary N) is 1. The SMILES string of the molecule is Cc1nc(C2CCCS2)nc(NN)c1F. The van der Waals surface area contributed by atoms with Crippen LogP contribution in [0.1, 0.15) is 29.6 Å². The van der Waals surface area contributed by atoms with Gasteiger partial charge in [-0.2, -0.15) is 11.8 Å². The molecule has 1 aromatic rings. The highest BCUT2D eigenvalue weighted by molar-refractivity contribution is 7.99. The molecule has 1 saturated heterocycles. The van der Waals surface area contributed by atoms with E-state index < -0.39 is 5.82 Å². The number of rotatable bonds is 2. The Kier molecular flexibility index (Phi) is 3.06. The average Bonchev–Trinajstić information content (AvgIpc) is 2.75. The highest BCUT2D eigenvalue weighted by Gasteiger charge is 2.22. The fraction of sp³-hybridized carbons (Fsp3) is 0.556. The zero-order chi connectivity index (χ0) is 10.8. The van der Waals surface area contributed by atoms with E-state index in [0.717, 1.165) is 12.2 Å². The van der Waals surface area contributed by atoms with Gasteiger partial charge in [0.15, 0.2) is 11.6 Å². The van der Waals surface area contributed by atoms with Crippen LogP contribution in [0.4, 0.5) is 10.2 Å². The van der Waals surface area contributed by atoms with Crippen LogP contribution >= 0.6 is 11.8 Å². The molecular formula is C9H13FN4S. The minimum absolute atomic E-state index is 0.0880. The third kappa shape index (κ3) is 2.05. The highest BCUT2D eigenvalue weighted by atomic mass is 32.2. The number of thioether (sulfide) groups is 1. The fourth-order valence-electron chi connectivity index (χ4n) is 1.60. The van der Waals surface area contributed by atoms with Crippen molar-refractivity contribution >= 4 is 17.6 Å². The second-order valence-electron chi connectivity index (χ2n) is 3.48. The predicted molar refractivity (Wildman–Crippen MR) is 59.0 cm³/mol. The summed E-state index contributed by atoms with van der Waals surface area (Å²) in [6, 6.07) is 0. The Balaban J connectivity index is 2.35. The number of hydrogen-bond donors (Lipinski definition) is 2. The minimum atomic E-state index is -0.468. The number of anilines is 1. The first-order chi connectivity index (χ1) is 7.22. The second kappa shape index (κ2) is 4.32. The lowest BCUT2D eigenvalue weighted by Crippen LogP contribution is -2.14. The molecule has 2 rings (SSSR count). The molecule has 1 fully saturated rings. The number of hydrazine groups is 1. The Bertz CT molecular complexity index is 365. The Hall–Kier alpha value is -0.880. The van der Waals surface area contributed by atoms with E-state index in [1.54, 1.807) is 6.92 Å². The molecule has 4 nitrogen and oxygen atoms in total. The number of nitrogens with two attached hydrogens (primary N) is 1. The molecule has 0 amide bonds. The van der Waals surface area contributed by atoms with Crippen molar-refractivity contribution in [3.05, 3.63) is 17.3 Å². The van der Waals surface area contributed by atoms with E-state index in [1.807, 2.05) is 11.8 Å². The molecule has 1 aliphatic heterocycles. The van der Waals surface area contributed by atoms with Crippen LogP contribution in [0.5, 0.6) is 0 Å². The molecule has 1 aromatic heterocycles. The normalized spacial score (nSPS) is 20.6. The van der Waals surface area contributed by atoms with Crippen molar-refractivity contribution in [1.82, 2.24) is 9.97 Å². The molecule has 3 N–H and O–H groups in total. The van der Waals surface area contributed by atoms with Gasteiger partial charge < -0.3 is 5.43 Å². The van der Waals surface area contributed by atoms with Gasteiger partial charge in [0.1, 0.15) is 5.82 Å². The predicted octanol–water partition coefficient (Wildman–Crippen LogP) is 1.78. The van der Waals surface area contributed by atoms with Crippen molar-refractivity contribution in [3.8, 4) is 0 Å². The topological polar surface area (TPSA) is 63.8 Å². The average molecular weight is 228 g/mol. The largest absolute Gasteiger partial charge is 0.306 e. The number of aromatic nitrogens is 2. The molecule has 1 aliphatic rings. The third-order valence-corrected chi connectivity index (χ3v) is 3.76. The van der Waals surface area contributed by atoms with Crippen LogP contribution in [-0.2, 0) is 0 Å². The van der Waals surface area contributed by atoms with Crippen molar-refractivity contribution in [1.29, 1.82) is 0 Å². The molecule has 0 spiro atoms. The van der Waals surface area contributed by atoms with E-state index in [0.29, 0.717) is 11.5 Å². The summed E-state index contributed by atoms with van der Waals surface area (Å²) in [5.41, 5.74) is 2.61. The lowest BCUT2D eigenvalue weighted by atomic mass is 10.2. The van der Waals surface area contributed by atoms with Crippen LogP contribution in [-0.4, -0.2) is 15.7 Å². The van der Waals surface area contributed by atoms with Crippen molar-refractivity contribution < 1.29 is 4.39 Å². The van der Waals surface area contributed by atoms with E-state index in [9.17, 15) is 4.39 Å². The fourth-order valence-corrected chi connectivity index (χ4v) is 2.81. The van der Waals surface area contributed by atoms with Crippen molar-refractivity contribution in [2.75, 3.05) is 11.2 Å². The monoisotopic (exact) mass is 228 g/mol. The standard InChI is InChI=1S/C9H13FN4S/c1-5-7(10)9(14-11)13-8(12-5)6-3-2-4-15-6/h6H,2-4,11H2,1H3,(H,12,13,14). The Labute approximate surface area is 91.8 Å². The zero-order valence-electron chi connectivity index (χ0n) is 8.46. The smallest absolute Gasteiger partial charge is 0.187 e. The van der Waals surface area contributed by atoms with Gasteiger partial charge in [0.2, 0.25) is 0 Å². The Morgan fingerprint density at radius 2 is 2.33 bits per heavy atom. The summed E-state index contributed by atoms with van der Waals surface area (Å²) in [7, 11) is 0. The maximum absolute atomic E-state index is 13.4. The van der Waals surface area contributed by atoms with Gasteiger partial charge in [-0.15, -0.1) is 0 Å². The van der Waals surface area contributed by atoms with Crippen LogP contribution in [0, 0.1) is 12.7 Å². The molecule has 1 unspecified atom stereocenters. The van der Waals surface area contributed by atoms with Gasteiger partial charge in [-0.3, -0.25) is 0 Å². The van der Waals surface area contributed by atoms with E-state index in [1.165, 1.54) is 6.42 Å². The maximum Gasteiger partial charge on any atom is 0.187 e. The molecule has 6 heteroatoms. The van der Waals surface area contributed by atoms with Crippen LogP contribution in [0.3, 0.4) is 0 Å². The van der Waals surface area contributed by atoms with Crippen LogP contribution in [0.2, 0.25) is 0 Å². The van der Waals surface area contributed by atoms with Crippen LogP contribution in [0.15, 0.2) is 0 Å². The maximum atomic E-state index is 13.4. The zero-order valence-corrected chi connectivity index (χ0v) is 9.27. The number of hydrogen-bond acceptors (Lipinski definition) is 5. The first kappa shape index (κ1) is 10.6. The quantitative estimate of drug-likeness (QED) is 0.596. The summed E-state index contributed by atoms with van der Waals surface area (Å²) in [5, 5.41) is 0.288. The Morgan fingerprint density at radius 3 is 2.93 bits per heavy atom. The van der Waals surface area contributed by atoms with Gasteiger partial charge in [0.05, 0.1) is 10.9 Å². The molecule has 15 heavy (non-hydrogen) atoms. The number of halogens is 1. The third-order valence-electron chi connectivity index (χ3n) is 2.39. The molecule has 0 bridgehead atoms. The summed E-state index contributed by atoms with van der Waals surface area (Å²) in [6.45, 7) is 1.63. The first-order valence-electron chi connectivity index (χ1n) is 4.84. The van der Waals surface area contributed by atoms with Crippen molar-refractivity contribution in [2.45, 2.75) is 25.0 Å². The van der Waals surface area contributed by atoms with Gasteiger partial charge in [-0.1, -0.05) is 0 Å². The summed E-state index contributed by atoms with van der Waals surface area (Å²) in [6.07, 6.45) is 2.22. The number of nitrogens with zero attached hydrogens (tertiary/aromatic N) is 2. The van der Waals surface area contributed by atoms with Gasteiger partial charge in [-0.05, 0) is 25.5 Å². The molecule has 0 aromatic carbocycles. The highest BCUT2D eigenvalue weighted by Crippen LogP contribution is 2.38. The van der Waals surface area contributed by atoms with E-state index in [-0.39, 0.29) is 11.1 Å². The van der Waals surface area contributed by atoms with Gasteiger partial charge in [-0.25, -0.2) is 20.2 Å². The molecule has 0 aliphatic carbocycles. The first-order valence-corrected chi connectivity index (χ1v) is 5.89. The summed E-state index contributed by atoms with van der Waals surface area (Å²) < 4.78 is 13.4. The molecule has 82 valence electrons. The van der Waals surface area contributed by atoms with E-state index >= 15 is 0 Å². The van der Waals surface area contributed by atoms with Gasteiger partial charge in [0, 0.05) is 0 Å². The van der Waals surface area contributed by atoms with Crippen molar-refractivity contribution in [3.63, 3.8) is 0 Å². The molecular weight excluding hydrogens is 215 g/mol.